The first-order valence-electron chi connectivity index (χ1n) is 12.2. The molecule has 3 N–H and O–H groups in total. The summed E-state index contributed by atoms with van der Waals surface area (Å²) >= 11 is 0. The molecule has 1 saturated carbocycles. The number of fused-ring (bicyclic) bond motifs is 3. The molecule has 1 saturated heterocycles. The van der Waals surface area contributed by atoms with Crippen LogP contribution in [0.15, 0.2) is 48.5 Å². The number of carboxylic acid groups (broad SMARTS) is 1. The zero-order valence-corrected chi connectivity index (χ0v) is 19.5. The van der Waals surface area contributed by atoms with Crippen LogP contribution in [-0.4, -0.2) is 55.0 Å². The number of hydrogen-bond acceptors (Lipinski definition) is 5. The van der Waals surface area contributed by atoms with E-state index in [1.807, 2.05) is 36.4 Å². The third-order valence-corrected chi connectivity index (χ3v) is 7.59. The fourth-order valence-corrected chi connectivity index (χ4v) is 5.47. The number of nitrogens with one attached hydrogen (secondary N) is 2. The zero-order chi connectivity index (χ0) is 24.4. The molecule has 184 valence electrons. The van der Waals surface area contributed by atoms with E-state index in [0.29, 0.717) is 13.2 Å². The van der Waals surface area contributed by atoms with Crippen molar-refractivity contribution in [1.29, 1.82) is 0 Å². The Hall–Kier alpha value is -3.39. The predicted octanol–water partition coefficient (Wildman–Crippen LogP) is 3.44. The highest BCUT2D eigenvalue weighted by Gasteiger charge is 2.55. The molecule has 2 aromatic carbocycles. The highest BCUT2D eigenvalue weighted by molar-refractivity contribution is 5.87. The van der Waals surface area contributed by atoms with E-state index in [9.17, 15) is 14.4 Å². The minimum absolute atomic E-state index is 0.00576. The largest absolute Gasteiger partial charge is 0.481 e. The van der Waals surface area contributed by atoms with Gasteiger partial charge < -0.3 is 25.2 Å². The third-order valence-electron chi connectivity index (χ3n) is 7.59. The first-order chi connectivity index (χ1) is 17.0. The smallest absolute Gasteiger partial charge is 0.407 e. The number of ether oxygens (including phenoxy) is 2. The van der Waals surface area contributed by atoms with Gasteiger partial charge in [-0.3, -0.25) is 9.59 Å². The van der Waals surface area contributed by atoms with Crippen molar-refractivity contribution in [2.75, 3.05) is 19.8 Å². The number of aliphatic carboxylic acids is 1. The Kier molecular flexibility index (Phi) is 6.47. The highest BCUT2D eigenvalue weighted by atomic mass is 16.5. The Bertz CT molecular complexity index is 1080. The monoisotopic (exact) mass is 478 g/mol. The number of rotatable bonds is 8. The van der Waals surface area contributed by atoms with Gasteiger partial charge in [-0.2, -0.15) is 0 Å². The van der Waals surface area contributed by atoms with Crippen LogP contribution in [0.3, 0.4) is 0 Å². The van der Waals surface area contributed by atoms with Crippen LogP contribution in [0.4, 0.5) is 4.79 Å². The number of carboxylic acids is 1. The van der Waals surface area contributed by atoms with Gasteiger partial charge in [0, 0.05) is 31.6 Å². The van der Waals surface area contributed by atoms with E-state index >= 15 is 0 Å². The molecule has 8 heteroatoms. The summed E-state index contributed by atoms with van der Waals surface area (Å²) in [4.78, 5) is 36.8. The highest BCUT2D eigenvalue weighted by Crippen LogP contribution is 2.53. The molecule has 2 aliphatic carbocycles. The van der Waals surface area contributed by atoms with Gasteiger partial charge in [-0.05, 0) is 53.4 Å². The van der Waals surface area contributed by atoms with Gasteiger partial charge >= 0.3 is 12.1 Å². The molecule has 1 spiro atoms. The number of alkyl carbamates (subject to hydrolysis) is 1. The summed E-state index contributed by atoms with van der Waals surface area (Å²) in [6.45, 7) is 1.50. The van der Waals surface area contributed by atoms with Crippen LogP contribution in [0.1, 0.15) is 49.1 Å². The van der Waals surface area contributed by atoms with Crippen molar-refractivity contribution in [2.45, 2.75) is 50.1 Å². The molecule has 2 aromatic rings. The maximum absolute atomic E-state index is 12.9. The zero-order valence-electron chi connectivity index (χ0n) is 19.5. The van der Waals surface area contributed by atoms with Crippen molar-refractivity contribution < 1.29 is 29.0 Å². The van der Waals surface area contributed by atoms with Crippen LogP contribution < -0.4 is 10.6 Å². The van der Waals surface area contributed by atoms with E-state index in [1.165, 1.54) is 0 Å². The van der Waals surface area contributed by atoms with Gasteiger partial charge in [-0.15, -0.1) is 0 Å². The molecule has 1 aliphatic heterocycles. The van der Waals surface area contributed by atoms with Gasteiger partial charge in [0.25, 0.3) is 0 Å². The second-order valence-electron chi connectivity index (χ2n) is 9.69. The SMILES string of the molecule is O=C(O)CCC(NC(=O)OCC1c2ccccc2-c2ccccc21)C(=O)NC1CC12CCOCC2. The Morgan fingerprint density at radius 1 is 1.03 bits per heavy atom. The van der Waals surface area contributed by atoms with Crippen molar-refractivity contribution in [3.05, 3.63) is 59.7 Å². The second kappa shape index (κ2) is 9.70. The molecule has 2 amide bonds. The predicted molar refractivity (Wildman–Crippen MR) is 128 cm³/mol. The first-order valence-corrected chi connectivity index (χ1v) is 12.2. The first kappa shape index (κ1) is 23.4. The van der Waals surface area contributed by atoms with Gasteiger partial charge in [-0.25, -0.2) is 4.79 Å². The Morgan fingerprint density at radius 3 is 2.29 bits per heavy atom. The van der Waals surface area contributed by atoms with E-state index in [2.05, 4.69) is 22.8 Å². The normalized spacial score (nSPS) is 20.4. The van der Waals surface area contributed by atoms with Gasteiger partial charge in [0.2, 0.25) is 5.91 Å². The summed E-state index contributed by atoms with van der Waals surface area (Å²) in [6.07, 6.45) is 1.72. The summed E-state index contributed by atoms with van der Waals surface area (Å²) in [5.74, 6) is -1.49. The second-order valence-corrected chi connectivity index (χ2v) is 9.69. The minimum Gasteiger partial charge on any atom is -0.481 e. The molecule has 2 unspecified atom stereocenters. The molecule has 0 aromatic heterocycles. The van der Waals surface area contributed by atoms with Crippen LogP contribution >= 0.6 is 0 Å². The molecule has 1 heterocycles. The van der Waals surface area contributed by atoms with E-state index < -0.39 is 18.1 Å². The van der Waals surface area contributed by atoms with Crippen LogP contribution in [-0.2, 0) is 19.1 Å². The lowest BCUT2D eigenvalue weighted by Gasteiger charge is -2.24. The topological polar surface area (TPSA) is 114 Å². The lowest BCUT2D eigenvalue weighted by Crippen LogP contribution is -2.48. The molecule has 3 aliphatic rings. The Balaban J connectivity index is 1.21. The van der Waals surface area contributed by atoms with Crippen LogP contribution in [0.2, 0.25) is 0 Å². The maximum atomic E-state index is 12.9. The van der Waals surface area contributed by atoms with Gasteiger partial charge in [0.1, 0.15) is 12.6 Å². The molecule has 5 rings (SSSR count). The molecular formula is C27H30N2O6. The minimum atomic E-state index is -1.02. The summed E-state index contributed by atoms with van der Waals surface area (Å²) < 4.78 is 11.0. The molecule has 35 heavy (non-hydrogen) atoms. The lowest BCUT2D eigenvalue weighted by molar-refractivity contribution is -0.137. The van der Waals surface area contributed by atoms with Crippen molar-refractivity contribution in [3.8, 4) is 11.1 Å². The van der Waals surface area contributed by atoms with Crippen molar-refractivity contribution in [1.82, 2.24) is 10.6 Å². The lowest BCUT2D eigenvalue weighted by atomic mass is 9.96. The average Bonchev–Trinajstić information content (AvgIpc) is 3.39. The van der Waals surface area contributed by atoms with E-state index in [0.717, 1.165) is 41.5 Å². The van der Waals surface area contributed by atoms with Crippen LogP contribution in [0.5, 0.6) is 0 Å². The Labute approximate surface area is 204 Å². The number of carbonyl (C=O) groups is 3. The summed E-state index contributed by atoms with van der Waals surface area (Å²) in [6, 6.07) is 15.2. The number of benzene rings is 2. The van der Waals surface area contributed by atoms with E-state index in [1.54, 1.807) is 0 Å². The summed E-state index contributed by atoms with van der Waals surface area (Å²) in [5, 5.41) is 14.7. The number of carbonyl (C=O) groups excluding carboxylic acids is 2. The third kappa shape index (κ3) is 4.89. The van der Waals surface area contributed by atoms with Crippen molar-refractivity contribution in [3.63, 3.8) is 0 Å². The fraction of sp³-hybridized carbons (Fsp3) is 0.444. The molecule has 0 radical (unpaired) electrons. The Morgan fingerprint density at radius 2 is 1.66 bits per heavy atom. The number of hydrogen-bond donors (Lipinski definition) is 3. The average molecular weight is 479 g/mol. The standard InChI is InChI=1S/C27H30N2O6/c30-24(31)10-9-22(25(32)29-23-15-27(23)11-13-34-14-12-27)28-26(33)35-16-21-19-7-3-1-5-17(19)18-6-2-4-8-20(18)21/h1-8,21-23H,9-16H2,(H,28,33)(H,29,32)(H,30,31). The molecular weight excluding hydrogens is 448 g/mol. The molecule has 8 nitrogen and oxygen atoms in total. The van der Waals surface area contributed by atoms with Gasteiger partial charge in [0.05, 0.1) is 0 Å². The fourth-order valence-electron chi connectivity index (χ4n) is 5.47. The molecule has 2 fully saturated rings. The van der Waals surface area contributed by atoms with Crippen LogP contribution in [0, 0.1) is 5.41 Å². The van der Waals surface area contributed by atoms with Crippen molar-refractivity contribution in [2.24, 2.45) is 5.41 Å². The van der Waals surface area contributed by atoms with E-state index in [-0.39, 0.29) is 42.7 Å². The molecule has 2 atom stereocenters. The van der Waals surface area contributed by atoms with Gasteiger partial charge in [0.15, 0.2) is 0 Å². The van der Waals surface area contributed by atoms with E-state index in [4.69, 9.17) is 14.6 Å². The van der Waals surface area contributed by atoms with Crippen LogP contribution in [0.25, 0.3) is 11.1 Å². The van der Waals surface area contributed by atoms with Gasteiger partial charge in [-0.1, -0.05) is 48.5 Å². The maximum Gasteiger partial charge on any atom is 0.407 e. The summed E-state index contributed by atoms with van der Waals surface area (Å²) in [5.41, 5.74) is 4.52. The quantitative estimate of drug-likeness (QED) is 0.536. The number of amides is 2. The van der Waals surface area contributed by atoms with Crippen molar-refractivity contribution >= 4 is 18.0 Å². The molecule has 0 bridgehead atoms. The summed E-state index contributed by atoms with van der Waals surface area (Å²) in [7, 11) is 0.